The van der Waals surface area contributed by atoms with E-state index in [4.69, 9.17) is 8.83 Å². The van der Waals surface area contributed by atoms with Crippen LogP contribution in [0, 0.1) is 11.3 Å². The van der Waals surface area contributed by atoms with Crippen LogP contribution < -0.4 is 4.90 Å². The maximum Gasteiger partial charge on any atom is 0.266 e. The normalized spacial score (nSPS) is 16.1. The van der Waals surface area contributed by atoms with Gasteiger partial charge >= 0.3 is 0 Å². The number of furan rings is 1. The molecular weight excluding hydrogens is 442 g/mol. The molecule has 0 aromatic carbocycles. The average Bonchev–Trinajstić information content (AvgIpc) is 3.23. The molecule has 1 aliphatic carbocycles. The highest BCUT2D eigenvalue weighted by Gasteiger charge is 2.31. The molecule has 1 aliphatic heterocycles. The van der Waals surface area contributed by atoms with E-state index in [1.54, 1.807) is 12.1 Å². The highest BCUT2D eigenvalue weighted by molar-refractivity contribution is 7.99. The van der Waals surface area contributed by atoms with Crippen molar-refractivity contribution in [1.82, 2.24) is 24.6 Å². The lowest BCUT2D eigenvalue weighted by Crippen LogP contribution is -2.49. The molecule has 1 saturated heterocycles. The van der Waals surface area contributed by atoms with Crippen LogP contribution in [-0.4, -0.2) is 62.5 Å². The van der Waals surface area contributed by atoms with Gasteiger partial charge in [-0.2, -0.15) is 10.2 Å². The molecule has 0 radical (unpaired) electrons. The Bertz CT molecular complexity index is 1180. The van der Waals surface area contributed by atoms with Crippen molar-refractivity contribution >= 4 is 23.6 Å². The Labute approximate surface area is 194 Å². The van der Waals surface area contributed by atoms with Crippen LogP contribution in [0.1, 0.15) is 30.3 Å². The number of carbonyl (C=O) groups is 1. The molecule has 2 aliphatic rings. The molecule has 11 heteroatoms. The predicted molar refractivity (Wildman–Crippen MR) is 121 cm³/mol. The lowest BCUT2D eigenvalue weighted by molar-refractivity contribution is -0.128. The van der Waals surface area contributed by atoms with E-state index in [-0.39, 0.29) is 17.5 Å². The van der Waals surface area contributed by atoms with Crippen LogP contribution in [0.15, 0.2) is 45.0 Å². The van der Waals surface area contributed by atoms with Gasteiger partial charge in [-0.3, -0.25) is 4.79 Å². The van der Waals surface area contributed by atoms with Crippen molar-refractivity contribution in [3.8, 4) is 17.7 Å². The second-order valence-corrected chi connectivity index (χ2v) is 8.88. The van der Waals surface area contributed by atoms with Gasteiger partial charge in [-0.1, -0.05) is 17.8 Å². The predicted octanol–water partition coefficient (Wildman–Crippen LogP) is 2.90. The van der Waals surface area contributed by atoms with Gasteiger partial charge in [-0.25, -0.2) is 0 Å². The first-order valence-electron chi connectivity index (χ1n) is 10.8. The van der Waals surface area contributed by atoms with Crippen LogP contribution in [0.25, 0.3) is 11.7 Å². The molecule has 33 heavy (non-hydrogen) atoms. The number of anilines is 1. The lowest BCUT2D eigenvalue weighted by Gasteiger charge is -2.34. The second-order valence-electron chi connectivity index (χ2n) is 7.93. The number of rotatable bonds is 8. The van der Waals surface area contributed by atoms with Gasteiger partial charge in [0.2, 0.25) is 17.5 Å². The van der Waals surface area contributed by atoms with Crippen molar-refractivity contribution in [3.63, 3.8) is 0 Å². The molecule has 3 aromatic rings. The fraction of sp³-hybridized carbons (Fsp3) is 0.409. The van der Waals surface area contributed by atoms with Gasteiger partial charge < -0.3 is 23.2 Å². The van der Waals surface area contributed by atoms with E-state index in [1.807, 2.05) is 15.9 Å². The monoisotopic (exact) mass is 465 g/mol. The second kappa shape index (κ2) is 9.15. The minimum Gasteiger partial charge on any atom is -0.459 e. The maximum absolute atomic E-state index is 12.8. The number of thioether (sulfide) groups is 1. The van der Waals surface area contributed by atoms with Crippen LogP contribution in [0.2, 0.25) is 0 Å². The van der Waals surface area contributed by atoms with Gasteiger partial charge in [0.1, 0.15) is 11.9 Å². The number of piperazine rings is 1. The molecule has 5 rings (SSSR count). The SMILES string of the molecule is C=CCn1c(SCC(=O)N2CCN(c3oc(-c4ccco4)nc3C#N)CC2)nnc1C1CC1. The Morgan fingerprint density at radius 1 is 1.30 bits per heavy atom. The zero-order valence-corrected chi connectivity index (χ0v) is 18.8. The molecule has 10 nitrogen and oxygen atoms in total. The number of allylic oxidation sites excluding steroid dienone is 1. The van der Waals surface area contributed by atoms with E-state index in [0.717, 1.165) is 23.8 Å². The minimum absolute atomic E-state index is 0.0510. The summed E-state index contributed by atoms with van der Waals surface area (Å²) in [5.41, 5.74) is 0.213. The topological polar surface area (TPSA) is 117 Å². The van der Waals surface area contributed by atoms with Gasteiger partial charge in [0.15, 0.2) is 10.9 Å². The van der Waals surface area contributed by atoms with Gasteiger partial charge in [0, 0.05) is 38.6 Å². The highest BCUT2D eigenvalue weighted by atomic mass is 32.2. The molecule has 0 spiro atoms. The van der Waals surface area contributed by atoms with Crippen molar-refractivity contribution in [3.05, 3.63) is 42.6 Å². The summed E-state index contributed by atoms with van der Waals surface area (Å²) in [5, 5.41) is 18.9. The summed E-state index contributed by atoms with van der Waals surface area (Å²) in [6.07, 6.45) is 5.65. The summed E-state index contributed by atoms with van der Waals surface area (Å²) in [6, 6.07) is 5.55. The summed E-state index contributed by atoms with van der Waals surface area (Å²) < 4.78 is 13.2. The fourth-order valence-corrected chi connectivity index (χ4v) is 4.69. The first-order chi connectivity index (χ1) is 16.2. The number of hydrogen-bond acceptors (Lipinski definition) is 9. The maximum atomic E-state index is 12.8. The van der Waals surface area contributed by atoms with Crippen LogP contribution in [0.5, 0.6) is 0 Å². The van der Waals surface area contributed by atoms with E-state index < -0.39 is 0 Å². The molecule has 170 valence electrons. The summed E-state index contributed by atoms with van der Waals surface area (Å²) in [4.78, 5) is 20.8. The third kappa shape index (κ3) is 4.39. The number of carbonyl (C=O) groups excluding carboxylic acids is 1. The van der Waals surface area contributed by atoms with Crippen molar-refractivity contribution < 1.29 is 13.6 Å². The summed E-state index contributed by atoms with van der Waals surface area (Å²) in [5.74, 6) is 2.99. The smallest absolute Gasteiger partial charge is 0.266 e. The van der Waals surface area contributed by atoms with Crippen molar-refractivity contribution in [1.29, 1.82) is 5.26 Å². The Morgan fingerprint density at radius 3 is 2.79 bits per heavy atom. The first kappa shape index (κ1) is 21.3. The molecule has 0 atom stereocenters. The van der Waals surface area contributed by atoms with E-state index in [2.05, 4.69) is 32.4 Å². The quantitative estimate of drug-likeness (QED) is 0.365. The summed E-state index contributed by atoms with van der Waals surface area (Å²) in [7, 11) is 0. The van der Waals surface area contributed by atoms with Crippen LogP contribution in [0.3, 0.4) is 0 Å². The van der Waals surface area contributed by atoms with E-state index in [9.17, 15) is 10.1 Å². The number of hydrogen-bond donors (Lipinski definition) is 0. The summed E-state index contributed by atoms with van der Waals surface area (Å²) in [6.45, 7) is 6.64. The number of oxazole rings is 1. The first-order valence-corrected chi connectivity index (χ1v) is 11.8. The number of nitrogens with zero attached hydrogens (tertiary/aromatic N) is 7. The van der Waals surface area contributed by atoms with Gasteiger partial charge in [0.25, 0.3) is 5.89 Å². The highest BCUT2D eigenvalue weighted by Crippen LogP contribution is 2.40. The molecule has 4 heterocycles. The van der Waals surface area contributed by atoms with E-state index in [0.29, 0.717) is 56.0 Å². The van der Waals surface area contributed by atoms with Gasteiger partial charge in [-0.05, 0) is 25.0 Å². The molecule has 3 aromatic heterocycles. The van der Waals surface area contributed by atoms with Crippen molar-refractivity contribution in [2.45, 2.75) is 30.5 Å². The largest absolute Gasteiger partial charge is 0.459 e. The molecule has 0 bridgehead atoms. The molecule has 0 unspecified atom stereocenters. The lowest BCUT2D eigenvalue weighted by atomic mass is 10.3. The van der Waals surface area contributed by atoms with Crippen LogP contribution in [-0.2, 0) is 11.3 Å². The third-order valence-electron chi connectivity index (χ3n) is 5.69. The van der Waals surface area contributed by atoms with E-state index >= 15 is 0 Å². The Morgan fingerprint density at radius 2 is 2.12 bits per heavy atom. The minimum atomic E-state index is 0.0510. The van der Waals surface area contributed by atoms with Gasteiger partial charge in [-0.15, -0.1) is 16.8 Å². The molecule has 0 N–H and O–H groups in total. The number of amides is 1. The molecule has 1 amide bonds. The van der Waals surface area contributed by atoms with E-state index in [1.165, 1.54) is 18.0 Å². The number of aromatic nitrogens is 4. The molecule has 2 fully saturated rings. The van der Waals surface area contributed by atoms with Crippen LogP contribution in [0.4, 0.5) is 5.88 Å². The zero-order chi connectivity index (χ0) is 22.8. The Hall–Kier alpha value is -3.52. The zero-order valence-electron chi connectivity index (χ0n) is 18.0. The molecule has 1 saturated carbocycles. The van der Waals surface area contributed by atoms with Crippen molar-refractivity contribution in [2.75, 3.05) is 36.8 Å². The summed E-state index contributed by atoms with van der Waals surface area (Å²) >= 11 is 1.41. The van der Waals surface area contributed by atoms with Crippen molar-refractivity contribution in [2.24, 2.45) is 0 Å². The van der Waals surface area contributed by atoms with Crippen LogP contribution >= 0.6 is 11.8 Å². The Balaban J connectivity index is 1.19. The average molecular weight is 466 g/mol. The fourth-order valence-electron chi connectivity index (χ4n) is 3.83. The van der Waals surface area contributed by atoms with Gasteiger partial charge in [0.05, 0.1) is 12.0 Å². The third-order valence-corrected chi connectivity index (χ3v) is 6.64. The number of nitriles is 1. The standard InChI is InChI=1S/C22H23N7O3S/c1-2-7-29-19(15-5-6-15)25-26-22(29)33-14-18(30)27-8-10-28(11-9-27)21-16(13-23)24-20(32-21)17-4-3-12-31-17/h2-4,12,15H,1,5-11,14H2. The Kier molecular flexibility index (Phi) is 5.92. The molecular formula is C22H23N7O3S.